The summed E-state index contributed by atoms with van der Waals surface area (Å²) in [5, 5.41) is 15.3. The van der Waals surface area contributed by atoms with E-state index in [0.29, 0.717) is 24.5 Å². The summed E-state index contributed by atoms with van der Waals surface area (Å²) in [5.74, 6) is -0.280. The predicted octanol–water partition coefficient (Wildman–Crippen LogP) is 4.59. The van der Waals surface area contributed by atoms with Crippen LogP contribution in [0.15, 0.2) is 30.7 Å². The third-order valence-corrected chi connectivity index (χ3v) is 6.60. The van der Waals surface area contributed by atoms with Gasteiger partial charge in [-0.1, -0.05) is 0 Å². The van der Waals surface area contributed by atoms with E-state index in [1.165, 1.54) is 0 Å². The topological polar surface area (TPSA) is 134 Å². The molecule has 194 valence electrons. The summed E-state index contributed by atoms with van der Waals surface area (Å²) in [6.45, 7) is 10.6. The molecule has 4 aromatic rings. The molecule has 0 atom stereocenters. The average Bonchev–Trinajstić information content (AvgIpc) is 3.57. The van der Waals surface area contributed by atoms with Crippen LogP contribution in [0.4, 0.5) is 10.5 Å². The molecule has 37 heavy (non-hydrogen) atoms. The van der Waals surface area contributed by atoms with Crippen molar-refractivity contribution < 1.29 is 14.3 Å². The zero-order chi connectivity index (χ0) is 26.3. The van der Waals surface area contributed by atoms with Crippen LogP contribution in [0.3, 0.4) is 0 Å². The minimum atomic E-state index is -0.497. The Morgan fingerprint density at radius 1 is 1.14 bits per heavy atom. The number of aromatic nitrogens is 6. The Morgan fingerprint density at radius 3 is 2.57 bits per heavy atom. The van der Waals surface area contributed by atoms with E-state index in [1.54, 1.807) is 11.1 Å². The second kappa shape index (κ2) is 9.38. The van der Waals surface area contributed by atoms with Crippen LogP contribution >= 0.6 is 0 Å². The van der Waals surface area contributed by atoms with E-state index in [-0.39, 0.29) is 18.0 Å². The number of fused-ring (bicyclic) bond motifs is 1. The number of nitrogens with one attached hydrogen (secondary N) is 3. The van der Waals surface area contributed by atoms with Crippen molar-refractivity contribution in [1.82, 2.24) is 34.8 Å². The summed E-state index contributed by atoms with van der Waals surface area (Å²) in [5.41, 5.74) is 4.71. The van der Waals surface area contributed by atoms with Gasteiger partial charge in [0.1, 0.15) is 11.2 Å². The van der Waals surface area contributed by atoms with Crippen LogP contribution in [0, 0.1) is 13.8 Å². The minimum absolute atomic E-state index is 0.214. The lowest BCUT2D eigenvalue weighted by Crippen LogP contribution is -2.42. The van der Waals surface area contributed by atoms with Gasteiger partial charge >= 0.3 is 6.09 Å². The molecule has 3 N–H and O–H groups in total. The number of amides is 2. The first-order valence-corrected chi connectivity index (χ1v) is 12.4. The van der Waals surface area contributed by atoms with Crippen molar-refractivity contribution in [3.63, 3.8) is 0 Å². The van der Waals surface area contributed by atoms with Gasteiger partial charge in [-0.2, -0.15) is 10.2 Å². The maximum atomic E-state index is 12.6. The second-order valence-corrected chi connectivity index (χ2v) is 10.5. The summed E-state index contributed by atoms with van der Waals surface area (Å²) < 4.78 is 7.47. The summed E-state index contributed by atoms with van der Waals surface area (Å²) in [7, 11) is 0. The Bertz CT molecular complexity index is 1450. The second-order valence-electron chi connectivity index (χ2n) is 10.5. The van der Waals surface area contributed by atoms with Crippen molar-refractivity contribution in [3.05, 3.63) is 47.7 Å². The molecule has 2 amide bonds. The summed E-state index contributed by atoms with van der Waals surface area (Å²) >= 11 is 0. The quantitative estimate of drug-likeness (QED) is 0.372. The Morgan fingerprint density at radius 2 is 1.89 bits per heavy atom. The molecular formula is C26H32N8O3. The van der Waals surface area contributed by atoms with Gasteiger partial charge in [-0.05, 0) is 59.6 Å². The molecule has 0 spiro atoms. The fourth-order valence-electron chi connectivity index (χ4n) is 4.45. The molecule has 0 bridgehead atoms. The molecule has 0 aromatic carbocycles. The van der Waals surface area contributed by atoms with Gasteiger partial charge in [0.15, 0.2) is 5.69 Å². The first-order valence-electron chi connectivity index (χ1n) is 12.4. The van der Waals surface area contributed by atoms with Gasteiger partial charge in [0.2, 0.25) is 0 Å². The smallest absolute Gasteiger partial charge is 0.410 e. The Kier molecular flexibility index (Phi) is 6.22. The van der Waals surface area contributed by atoms with Gasteiger partial charge < -0.3 is 19.9 Å². The van der Waals surface area contributed by atoms with Crippen LogP contribution < -0.4 is 5.32 Å². The molecule has 5 heterocycles. The Labute approximate surface area is 214 Å². The minimum Gasteiger partial charge on any atom is -0.444 e. The van der Waals surface area contributed by atoms with Gasteiger partial charge in [0.25, 0.3) is 5.91 Å². The number of ether oxygens (including phenoxy) is 1. The molecule has 1 fully saturated rings. The molecular weight excluding hydrogens is 472 g/mol. The summed E-state index contributed by atoms with van der Waals surface area (Å²) in [6, 6.07) is 4.09. The van der Waals surface area contributed by atoms with E-state index in [4.69, 9.17) is 4.74 Å². The van der Waals surface area contributed by atoms with E-state index in [2.05, 4.69) is 30.6 Å². The van der Waals surface area contributed by atoms with Gasteiger partial charge in [-0.15, -0.1) is 0 Å². The molecule has 4 aromatic heterocycles. The number of anilines is 1. The molecule has 0 unspecified atom stereocenters. The highest BCUT2D eigenvalue weighted by Crippen LogP contribution is 2.28. The molecule has 11 heteroatoms. The van der Waals surface area contributed by atoms with E-state index in [9.17, 15) is 9.59 Å². The molecule has 0 saturated carbocycles. The van der Waals surface area contributed by atoms with Gasteiger partial charge in [0, 0.05) is 41.5 Å². The summed E-state index contributed by atoms with van der Waals surface area (Å²) in [4.78, 5) is 34.5. The number of piperidine rings is 1. The average molecular weight is 505 g/mol. The van der Waals surface area contributed by atoms with Crippen molar-refractivity contribution in [2.75, 3.05) is 18.4 Å². The Hall–Kier alpha value is -4.15. The van der Waals surface area contributed by atoms with E-state index >= 15 is 0 Å². The van der Waals surface area contributed by atoms with Gasteiger partial charge in [-0.25, -0.2) is 9.78 Å². The molecule has 1 saturated heterocycles. The molecule has 11 nitrogen and oxygen atoms in total. The van der Waals surface area contributed by atoms with Crippen molar-refractivity contribution in [3.8, 4) is 11.3 Å². The lowest BCUT2D eigenvalue weighted by Gasteiger charge is -2.33. The predicted molar refractivity (Wildman–Crippen MR) is 139 cm³/mol. The van der Waals surface area contributed by atoms with Crippen LogP contribution in [0.2, 0.25) is 0 Å². The molecule has 1 aliphatic rings. The molecule has 1 aliphatic heterocycles. The lowest BCUT2D eigenvalue weighted by molar-refractivity contribution is 0.0184. The van der Waals surface area contributed by atoms with Crippen molar-refractivity contribution in [2.45, 2.75) is 59.1 Å². The van der Waals surface area contributed by atoms with Crippen LogP contribution in [0.1, 0.15) is 61.4 Å². The fraction of sp³-hybridized carbons (Fsp3) is 0.423. The number of aryl methyl sites for hydroxylation is 1. The maximum absolute atomic E-state index is 12.6. The highest BCUT2D eigenvalue weighted by molar-refractivity contribution is 6.04. The van der Waals surface area contributed by atoms with E-state index < -0.39 is 5.60 Å². The largest absolute Gasteiger partial charge is 0.444 e. The highest BCUT2D eigenvalue weighted by atomic mass is 16.6. The normalized spacial score (nSPS) is 14.8. The first kappa shape index (κ1) is 24.5. The number of rotatable bonds is 4. The number of H-pyrrole nitrogens is 2. The number of nitrogens with zero attached hydrogens (tertiary/aromatic N) is 5. The van der Waals surface area contributed by atoms with Crippen LogP contribution in [0.5, 0.6) is 0 Å². The Balaban J connectivity index is 1.25. The molecule has 0 radical (unpaired) electrons. The number of pyridine rings is 1. The van der Waals surface area contributed by atoms with Crippen molar-refractivity contribution >= 4 is 28.7 Å². The number of likely N-dealkylation sites (tertiary alicyclic amines) is 1. The number of hydrogen-bond acceptors (Lipinski definition) is 6. The zero-order valence-corrected chi connectivity index (χ0v) is 21.8. The third kappa shape index (κ3) is 5.20. The summed E-state index contributed by atoms with van der Waals surface area (Å²) in [6.07, 6.45) is 6.83. The maximum Gasteiger partial charge on any atom is 0.410 e. The van der Waals surface area contributed by atoms with Gasteiger partial charge in [-0.3, -0.25) is 14.6 Å². The highest BCUT2D eigenvalue weighted by Gasteiger charge is 2.28. The number of carbonyl (C=O) groups excluding carboxylic acids is 2. The SMILES string of the molecule is Cc1[nH]nc(C(=O)Nc2cnc3[nH]c(-c4cnn(C5CCN(C(=O)OC(C)(C)C)CC5)c4)cc3c2)c1C. The van der Waals surface area contributed by atoms with E-state index in [0.717, 1.165) is 46.4 Å². The van der Waals surface area contributed by atoms with Crippen LogP contribution in [-0.4, -0.2) is 65.5 Å². The molecule has 0 aliphatic carbocycles. The van der Waals surface area contributed by atoms with E-state index in [1.807, 2.05) is 63.8 Å². The third-order valence-electron chi connectivity index (χ3n) is 6.60. The van der Waals surface area contributed by atoms with Crippen molar-refractivity contribution in [1.29, 1.82) is 0 Å². The zero-order valence-electron chi connectivity index (χ0n) is 21.8. The lowest BCUT2D eigenvalue weighted by atomic mass is 10.1. The standard InChI is InChI=1S/C26H32N8O3/c1-15-16(2)31-32-22(15)24(35)29-19-10-17-11-21(30-23(17)27-13-19)18-12-28-34(14-18)20-6-8-33(9-7-20)25(36)37-26(3,4)5/h10-14,20H,6-9H2,1-5H3,(H,27,30)(H,29,35)(H,31,32). The number of carbonyl (C=O) groups is 2. The number of aromatic amines is 2. The van der Waals surface area contributed by atoms with Crippen molar-refractivity contribution in [2.24, 2.45) is 0 Å². The van der Waals surface area contributed by atoms with Crippen LogP contribution in [-0.2, 0) is 4.74 Å². The first-order chi connectivity index (χ1) is 17.6. The monoisotopic (exact) mass is 504 g/mol. The molecule has 5 rings (SSSR count). The van der Waals surface area contributed by atoms with Crippen LogP contribution in [0.25, 0.3) is 22.3 Å². The van der Waals surface area contributed by atoms with Gasteiger partial charge in [0.05, 0.1) is 29.8 Å². The fourth-order valence-corrected chi connectivity index (χ4v) is 4.45. The number of hydrogen-bond donors (Lipinski definition) is 3.